The summed E-state index contributed by atoms with van der Waals surface area (Å²) in [7, 11) is 0. The average molecular weight is 493 g/mol. The average Bonchev–Trinajstić information content (AvgIpc) is 3.48. The summed E-state index contributed by atoms with van der Waals surface area (Å²) in [5.41, 5.74) is -0.720. The molecule has 0 radical (unpaired) electrons. The van der Waals surface area contributed by atoms with E-state index in [-0.39, 0.29) is 36.4 Å². The number of anilines is 1. The zero-order chi connectivity index (χ0) is 23.9. The molecule has 2 saturated heterocycles. The predicted octanol–water partition coefficient (Wildman–Crippen LogP) is 4.23. The molecule has 1 aromatic heterocycles. The van der Waals surface area contributed by atoms with Crippen LogP contribution in [0.15, 0.2) is 24.3 Å². The Morgan fingerprint density at radius 2 is 1.94 bits per heavy atom. The SMILES string of the molecule is O=C(NCC1(O)CCCC(F)(F)C1)c1c(Cl)ccc2nc(N3CCC(N4CCCC4)C3)ccc12. The molecule has 2 unspecified atom stereocenters. The Morgan fingerprint density at radius 3 is 2.71 bits per heavy atom. The van der Waals surface area contributed by atoms with Gasteiger partial charge in [0.15, 0.2) is 0 Å². The van der Waals surface area contributed by atoms with Crippen molar-refractivity contribution in [2.75, 3.05) is 37.6 Å². The number of nitrogens with zero attached hydrogens (tertiary/aromatic N) is 3. The van der Waals surface area contributed by atoms with E-state index in [0.717, 1.165) is 25.3 Å². The van der Waals surface area contributed by atoms with Crippen LogP contribution in [0.2, 0.25) is 5.02 Å². The Labute approximate surface area is 203 Å². The van der Waals surface area contributed by atoms with Gasteiger partial charge in [-0.05, 0) is 69.5 Å². The van der Waals surface area contributed by atoms with Crippen molar-refractivity contribution in [3.05, 3.63) is 34.9 Å². The molecule has 0 bridgehead atoms. The zero-order valence-electron chi connectivity index (χ0n) is 19.2. The number of hydrogen-bond acceptors (Lipinski definition) is 5. The Morgan fingerprint density at radius 1 is 1.15 bits per heavy atom. The molecule has 2 atom stereocenters. The third kappa shape index (κ3) is 4.86. The Balaban J connectivity index is 1.32. The maximum Gasteiger partial charge on any atom is 0.253 e. The van der Waals surface area contributed by atoms with E-state index in [1.54, 1.807) is 12.1 Å². The van der Waals surface area contributed by atoms with Crippen LogP contribution in [0.5, 0.6) is 0 Å². The standard InChI is InChI=1S/C25H31ClF2N4O2/c26-19-5-6-20-18(22(19)23(33)29-16-24(34)9-3-10-25(27,28)15-24)4-7-21(30-20)32-13-8-17(14-32)31-11-1-2-12-31/h4-7,17,34H,1-3,8-16H2,(H,29,33). The molecule has 3 heterocycles. The summed E-state index contributed by atoms with van der Waals surface area (Å²) in [5.74, 6) is -2.54. The van der Waals surface area contributed by atoms with Gasteiger partial charge in [0.2, 0.25) is 0 Å². The highest BCUT2D eigenvalue weighted by Gasteiger charge is 2.44. The van der Waals surface area contributed by atoms with Crippen molar-refractivity contribution in [1.82, 2.24) is 15.2 Å². The molecular formula is C25H31ClF2N4O2. The number of fused-ring (bicyclic) bond motifs is 1. The minimum atomic E-state index is -2.92. The van der Waals surface area contributed by atoms with E-state index >= 15 is 0 Å². The highest BCUT2D eigenvalue weighted by molar-refractivity contribution is 6.35. The van der Waals surface area contributed by atoms with E-state index in [4.69, 9.17) is 16.6 Å². The third-order valence-electron chi connectivity index (χ3n) is 7.53. The maximum atomic E-state index is 13.8. The van der Waals surface area contributed by atoms with E-state index in [1.807, 2.05) is 12.1 Å². The van der Waals surface area contributed by atoms with Gasteiger partial charge in [0.25, 0.3) is 11.8 Å². The van der Waals surface area contributed by atoms with E-state index in [0.29, 0.717) is 16.9 Å². The second-order valence-electron chi connectivity index (χ2n) is 10.1. The van der Waals surface area contributed by atoms with Crippen LogP contribution < -0.4 is 10.2 Å². The van der Waals surface area contributed by atoms with E-state index in [2.05, 4.69) is 15.1 Å². The molecule has 6 nitrogen and oxygen atoms in total. The van der Waals surface area contributed by atoms with Crippen molar-refractivity contribution in [2.45, 2.75) is 62.5 Å². The molecular weight excluding hydrogens is 462 g/mol. The molecule has 1 aliphatic carbocycles. The summed E-state index contributed by atoms with van der Waals surface area (Å²) in [4.78, 5) is 22.7. The van der Waals surface area contributed by atoms with Crippen LogP contribution in [0, 0.1) is 0 Å². The number of carbonyl (C=O) groups is 1. The highest BCUT2D eigenvalue weighted by Crippen LogP contribution is 2.39. The number of rotatable bonds is 5. The number of alkyl halides is 2. The van der Waals surface area contributed by atoms with Crippen molar-refractivity contribution in [2.24, 2.45) is 0 Å². The molecule has 2 N–H and O–H groups in total. The quantitative estimate of drug-likeness (QED) is 0.653. The fourth-order valence-corrected chi connectivity index (χ4v) is 6.00. The monoisotopic (exact) mass is 492 g/mol. The lowest BCUT2D eigenvalue weighted by atomic mass is 9.82. The van der Waals surface area contributed by atoms with E-state index in [1.165, 1.54) is 25.9 Å². The molecule has 34 heavy (non-hydrogen) atoms. The van der Waals surface area contributed by atoms with Crippen LogP contribution in [0.4, 0.5) is 14.6 Å². The lowest BCUT2D eigenvalue weighted by Gasteiger charge is -2.36. The molecule has 1 amide bonds. The molecule has 2 aromatic rings. The van der Waals surface area contributed by atoms with Crippen molar-refractivity contribution >= 4 is 34.2 Å². The van der Waals surface area contributed by atoms with Crippen molar-refractivity contribution in [3.8, 4) is 0 Å². The van der Waals surface area contributed by atoms with Crippen LogP contribution >= 0.6 is 11.6 Å². The van der Waals surface area contributed by atoms with Gasteiger partial charge in [-0.2, -0.15) is 0 Å². The Bertz CT molecular complexity index is 1080. The first kappa shape index (κ1) is 23.7. The molecule has 5 rings (SSSR count). The van der Waals surface area contributed by atoms with Gasteiger partial charge in [0.05, 0.1) is 21.7 Å². The normalized spacial score (nSPS) is 27.4. The van der Waals surface area contributed by atoms with Crippen molar-refractivity contribution in [3.63, 3.8) is 0 Å². The summed E-state index contributed by atoms with van der Waals surface area (Å²) in [6, 6.07) is 7.75. The lowest BCUT2D eigenvalue weighted by molar-refractivity contribution is -0.121. The molecule has 0 spiro atoms. The highest BCUT2D eigenvalue weighted by atomic mass is 35.5. The largest absolute Gasteiger partial charge is 0.388 e. The summed E-state index contributed by atoms with van der Waals surface area (Å²) >= 11 is 6.37. The third-order valence-corrected chi connectivity index (χ3v) is 7.84. The fourth-order valence-electron chi connectivity index (χ4n) is 5.75. The summed E-state index contributed by atoms with van der Waals surface area (Å²) in [5, 5.41) is 14.1. The minimum absolute atomic E-state index is 0.218. The Kier molecular flexibility index (Phi) is 6.42. The molecule has 3 aliphatic rings. The molecule has 3 fully saturated rings. The van der Waals surface area contributed by atoms with Crippen LogP contribution in [0.3, 0.4) is 0 Å². The first-order chi connectivity index (χ1) is 16.2. The number of carbonyl (C=O) groups excluding carboxylic acids is 1. The number of aliphatic hydroxyl groups is 1. The number of benzene rings is 1. The first-order valence-electron chi connectivity index (χ1n) is 12.2. The first-order valence-corrected chi connectivity index (χ1v) is 12.6. The number of nitrogens with one attached hydrogen (secondary N) is 1. The fraction of sp³-hybridized carbons (Fsp3) is 0.600. The van der Waals surface area contributed by atoms with Crippen LogP contribution in [-0.4, -0.2) is 71.2 Å². The number of hydrogen-bond donors (Lipinski definition) is 2. The number of amides is 1. The lowest BCUT2D eigenvalue weighted by Crippen LogP contribution is -2.49. The van der Waals surface area contributed by atoms with Gasteiger partial charge in [0.1, 0.15) is 5.82 Å². The van der Waals surface area contributed by atoms with Gasteiger partial charge in [-0.15, -0.1) is 0 Å². The molecule has 1 aromatic carbocycles. The topological polar surface area (TPSA) is 68.7 Å². The van der Waals surface area contributed by atoms with Crippen LogP contribution in [0.25, 0.3) is 10.9 Å². The number of aromatic nitrogens is 1. The molecule has 9 heteroatoms. The number of likely N-dealkylation sites (tertiary alicyclic amines) is 1. The van der Waals surface area contributed by atoms with Gasteiger partial charge >= 0.3 is 0 Å². The minimum Gasteiger partial charge on any atom is -0.388 e. The smallest absolute Gasteiger partial charge is 0.253 e. The summed E-state index contributed by atoms with van der Waals surface area (Å²) in [6.45, 7) is 4.00. The van der Waals surface area contributed by atoms with Gasteiger partial charge in [-0.25, -0.2) is 13.8 Å². The van der Waals surface area contributed by atoms with Gasteiger partial charge in [-0.3, -0.25) is 9.69 Å². The van der Waals surface area contributed by atoms with E-state index in [9.17, 15) is 18.7 Å². The summed E-state index contributed by atoms with van der Waals surface area (Å²) in [6.07, 6.45) is 3.23. The van der Waals surface area contributed by atoms with Crippen molar-refractivity contribution in [1.29, 1.82) is 0 Å². The van der Waals surface area contributed by atoms with Crippen LogP contribution in [-0.2, 0) is 0 Å². The van der Waals surface area contributed by atoms with Gasteiger partial charge in [-0.1, -0.05) is 11.6 Å². The predicted molar refractivity (Wildman–Crippen MR) is 129 cm³/mol. The van der Waals surface area contributed by atoms with E-state index < -0.39 is 23.9 Å². The number of halogens is 3. The maximum absolute atomic E-state index is 13.8. The number of pyridine rings is 1. The zero-order valence-corrected chi connectivity index (χ0v) is 20.0. The molecule has 2 aliphatic heterocycles. The Hall–Kier alpha value is -2.03. The summed E-state index contributed by atoms with van der Waals surface area (Å²) < 4.78 is 27.6. The molecule has 184 valence electrons. The van der Waals surface area contributed by atoms with Gasteiger partial charge < -0.3 is 15.3 Å². The van der Waals surface area contributed by atoms with Crippen molar-refractivity contribution < 1.29 is 18.7 Å². The van der Waals surface area contributed by atoms with Gasteiger partial charge in [0, 0.05) is 43.9 Å². The second-order valence-corrected chi connectivity index (χ2v) is 10.5. The second kappa shape index (κ2) is 9.21. The van der Waals surface area contributed by atoms with Crippen LogP contribution in [0.1, 0.15) is 55.3 Å². The molecule has 1 saturated carbocycles.